The lowest BCUT2D eigenvalue weighted by Crippen LogP contribution is -2.30. The van der Waals surface area contributed by atoms with E-state index in [1.165, 1.54) is 57.1 Å². The van der Waals surface area contributed by atoms with E-state index >= 15 is 0 Å². The number of fused-ring (bicyclic) bond motifs is 1. The number of hydrogen-bond donors (Lipinski definition) is 0. The molecule has 0 N–H and O–H groups in total. The monoisotopic (exact) mass is 466 g/mol. The summed E-state index contributed by atoms with van der Waals surface area (Å²) in [5, 5.41) is 0. The normalized spacial score (nSPS) is 25.5. The van der Waals surface area contributed by atoms with Crippen molar-refractivity contribution in [2.75, 3.05) is 0 Å². The number of unbranched alkanes of at least 4 members (excludes halogenated alkanes) is 1. The molecule has 6 heteroatoms. The lowest BCUT2D eigenvalue weighted by atomic mass is 9.63. The summed E-state index contributed by atoms with van der Waals surface area (Å²) >= 11 is 0. The highest BCUT2D eigenvalue weighted by molar-refractivity contribution is 5.65. The minimum absolute atomic E-state index is 0.168. The molecule has 2 aliphatic rings. The van der Waals surface area contributed by atoms with E-state index in [1.54, 1.807) is 6.07 Å². The molecule has 2 aromatic carbocycles. The van der Waals surface area contributed by atoms with Gasteiger partial charge < -0.3 is 4.74 Å². The van der Waals surface area contributed by atoms with Crippen molar-refractivity contribution < 1.29 is 26.7 Å². The standard InChI is InChI=1S/C27H31F5O/c1-2-3-4-17-5-6-19-14-20(8-7-18(19)13-17)21-9-11-23(24(28)15-21)22-10-12-26(25(29)16-22)33-27(30,31)32/h9-12,15-20H,2-8,13-14H2,1H3/t17?,18-,19-,20-/m1/s1. The maximum Gasteiger partial charge on any atom is 0.573 e. The summed E-state index contributed by atoms with van der Waals surface area (Å²) in [6.07, 6.45) is 6.17. The molecule has 2 aliphatic carbocycles. The molecule has 0 aromatic heterocycles. The second kappa shape index (κ2) is 10.0. The zero-order valence-electron chi connectivity index (χ0n) is 18.9. The quantitative estimate of drug-likeness (QED) is 0.386. The van der Waals surface area contributed by atoms with E-state index in [2.05, 4.69) is 11.7 Å². The Hall–Kier alpha value is -2.11. The molecule has 2 aromatic rings. The van der Waals surface area contributed by atoms with Gasteiger partial charge in [-0.25, -0.2) is 8.78 Å². The lowest BCUT2D eigenvalue weighted by molar-refractivity contribution is -0.275. The number of ether oxygens (including phenoxy) is 1. The largest absolute Gasteiger partial charge is 0.573 e. The van der Waals surface area contributed by atoms with E-state index in [0.29, 0.717) is 11.8 Å². The van der Waals surface area contributed by atoms with Crippen molar-refractivity contribution in [1.82, 2.24) is 0 Å². The Kier molecular flexibility index (Phi) is 7.30. The van der Waals surface area contributed by atoms with E-state index in [9.17, 15) is 22.0 Å². The van der Waals surface area contributed by atoms with Crippen molar-refractivity contribution in [2.45, 2.75) is 77.0 Å². The molecule has 180 valence electrons. The van der Waals surface area contributed by atoms with Crippen molar-refractivity contribution in [3.05, 3.63) is 53.6 Å². The molecule has 33 heavy (non-hydrogen) atoms. The minimum Gasteiger partial charge on any atom is -0.403 e. The zero-order valence-corrected chi connectivity index (χ0v) is 18.9. The van der Waals surface area contributed by atoms with Crippen LogP contribution < -0.4 is 4.74 Å². The molecule has 2 saturated carbocycles. The van der Waals surface area contributed by atoms with Gasteiger partial charge in [0.2, 0.25) is 0 Å². The van der Waals surface area contributed by atoms with Crippen LogP contribution in [0.3, 0.4) is 0 Å². The lowest BCUT2D eigenvalue weighted by Gasteiger charge is -2.42. The van der Waals surface area contributed by atoms with Crippen LogP contribution in [0.4, 0.5) is 22.0 Å². The van der Waals surface area contributed by atoms with Crippen LogP contribution in [0.25, 0.3) is 11.1 Å². The van der Waals surface area contributed by atoms with Gasteiger partial charge in [-0.3, -0.25) is 0 Å². The fourth-order valence-corrected chi connectivity index (χ4v) is 5.94. The van der Waals surface area contributed by atoms with E-state index in [-0.39, 0.29) is 11.1 Å². The third-order valence-corrected chi connectivity index (χ3v) is 7.62. The van der Waals surface area contributed by atoms with Gasteiger partial charge in [-0.1, -0.05) is 50.8 Å². The zero-order chi connectivity index (χ0) is 23.6. The highest BCUT2D eigenvalue weighted by Crippen LogP contribution is 2.48. The number of benzene rings is 2. The topological polar surface area (TPSA) is 9.23 Å². The smallest absolute Gasteiger partial charge is 0.403 e. The van der Waals surface area contributed by atoms with E-state index in [1.807, 2.05) is 6.07 Å². The van der Waals surface area contributed by atoms with Crippen LogP contribution in [0.1, 0.15) is 76.2 Å². The average molecular weight is 467 g/mol. The van der Waals surface area contributed by atoms with Gasteiger partial charge in [0.1, 0.15) is 5.82 Å². The van der Waals surface area contributed by atoms with Gasteiger partial charge in [-0.2, -0.15) is 0 Å². The molecule has 2 fully saturated rings. The van der Waals surface area contributed by atoms with Gasteiger partial charge in [0, 0.05) is 5.56 Å². The van der Waals surface area contributed by atoms with Crippen LogP contribution in [0.2, 0.25) is 0 Å². The molecule has 4 rings (SSSR count). The van der Waals surface area contributed by atoms with Gasteiger partial charge in [0.15, 0.2) is 11.6 Å². The molecule has 0 bridgehead atoms. The van der Waals surface area contributed by atoms with Gasteiger partial charge in [0.25, 0.3) is 0 Å². The molecule has 4 atom stereocenters. The summed E-state index contributed by atoms with van der Waals surface area (Å²) in [5.41, 5.74) is 1.31. The molecule has 0 spiro atoms. The Balaban J connectivity index is 1.43. The summed E-state index contributed by atoms with van der Waals surface area (Å²) in [5.74, 6) is 0.0995. The molecule has 1 nitrogen and oxygen atoms in total. The summed E-state index contributed by atoms with van der Waals surface area (Å²) < 4.78 is 69.8. The molecule has 0 radical (unpaired) electrons. The fourth-order valence-electron chi connectivity index (χ4n) is 5.94. The SMILES string of the molecule is CCCCC1CC[C@@H]2C[C@H](c3ccc(-c4ccc(OC(F)(F)F)c(F)c4)c(F)c3)CC[C@@H]2C1. The minimum atomic E-state index is -4.98. The van der Waals surface area contributed by atoms with Crippen LogP contribution in [0, 0.1) is 29.4 Å². The molecule has 0 heterocycles. The maximum absolute atomic E-state index is 15.0. The number of hydrogen-bond acceptors (Lipinski definition) is 1. The van der Waals surface area contributed by atoms with Crippen LogP contribution in [-0.4, -0.2) is 6.36 Å². The highest BCUT2D eigenvalue weighted by Gasteiger charge is 2.36. The van der Waals surface area contributed by atoms with Crippen molar-refractivity contribution in [2.24, 2.45) is 17.8 Å². The van der Waals surface area contributed by atoms with Crippen LogP contribution in [-0.2, 0) is 0 Å². The van der Waals surface area contributed by atoms with Crippen LogP contribution in [0.15, 0.2) is 36.4 Å². The predicted molar refractivity (Wildman–Crippen MR) is 119 cm³/mol. The first-order valence-electron chi connectivity index (χ1n) is 12.1. The first-order chi connectivity index (χ1) is 15.7. The van der Waals surface area contributed by atoms with E-state index < -0.39 is 23.7 Å². The predicted octanol–water partition coefficient (Wildman–Crippen LogP) is 9.02. The average Bonchev–Trinajstić information content (AvgIpc) is 2.77. The third kappa shape index (κ3) is 5.88. The number of halogens is 5. The molecular weight excluding hydrogens is 435 g/mol. The van der Waals surface area contributed by atoms with Crippen molar-refractivity contribution >= 4 is 0 Å². The third-order valence-electron chi connectivity index (χ3n) is 7.62. The Bertz CT molecular complexity index is 954. The number of rotatable bonds is 6. The Morgan fingerprint density at radius 1 is 0.879 bits per heavy atom. The maximum atomic E-state index is 15.0. The van der Waals surface area contributed by atoms with Crippen molar-refractivity contribution in [3.63, 3.8) is 0 Å². The number of alkyl halides is 3. The Morgan fingerprint density at radius 3 is 2.33 bits per heavy atom. The first-order valence-corrected chi connectivity index (χ1v) is 12.1. The molecular formula is C27H31F5O. The molecule has 0 amide bonds. The van der Waals surface area contributed by atoms with E-state index in [4.69, 9.17) is 0 Å². The van der Waals surface area contributed by atoms with Gasteiger partial charge in [0.05, 0.1) is 0 Å². The van der Waals surface area contributed by atoms with Crippen LogP contribution in [0.5, 0.6) is 5.75 Å². The second-order valence-electron chi connectivity index (χ2n) is 9.78. The van der Waals surface area contributed by atoms with Gasteiger partial charge in [-0.15, -0.1) is 13.2 Å². The van der Waals surface area contributed by atoms with Crippen LogP contribution >= 0.6 is 0 Å². The Morgan fingerprint density at radius 2 is 1.64 bits per heavy atom. The van der Waals surface area contributed by atoms with Gasteiger partial charge >= 0.3 is 6.36 Å². The van der Waals surface area contributed by atoms with Gasteiger partial charge in [-0.05, 0) is 85.1 Å². The molecule has 0 saturated heterocycles. The summed E-state index contributed by atoms with van der Waals surface area (Å²) in [7, 11) is 0. The molecule has 1 unspecified atom stereocenters. The first kappa shape index (κ1) is 24.0. The molecule has 0 aliphatic heterocycles. The summed E-state index contributed by atoms with van der Waals surface area (Å²) in [6.45, 7) is 2.25. The van der Waals surface area contributed by atoms with Crippen molar-refractivity contribution in [1.29, 1.82) is 0 Å². The second-order valence-corrected chi connectivity index (χ2v) is 9.78. The summed E-state index contributed by atoms with van der Waals surface area (Å²) in [4.78, 5) is 0. The Labute approximate surface area is 192 Å². The summed E-state index contributed by atoms with van der Waals surface area (Å²) in [6, 6.07) is 8.01. The highest BCUT2D eigenvalue weighted by atomic mass is 19.4. The van der Waals surface area contributed by atoms with E-state index in [0.717, 1.165) is 42.4 Å². The van der Waals surface area contributed by atoms with Crippen molar-refractivity contribution in [3.8, 4) is 16.9 Å². The fraction of sp³-hybridized carbons (Fsp3) is 0.556.